The first-order valence-corrected chi connectivity index (χ1v) is 6.60. The van der Waals surface area contributed by atoms with Crippen LogP contribution < -0.4 is 5.73 Å². The van der Waals surface area contributed by atoms with Crippen LogP contribution in [0.3, 0.4) is 0 Å². The first-order chi connectivity index (χ1) is 8.75. The number of benzene rings is 2. The number of hydrogen-bond acceptors (Lipinski definition) is 1. The first kappa shape index (κ1) is 12.8. The Morgan fingerprint density at radius 3 is 2.06 bits per heavy atom. The number of rotatable bonds is 5. The Balaban J connectivity index is 1.90. The van der Waals surface area contributed by atoms with Gasteiger partial charge < -0.3 is 5.73 Å². The Bertz CT molecular complexity index is 450. The molecule has 0 spiro atoms. The van der Waals surface area contributed by atoms with Crippen molar-refractivity contribution in [3.8, 4) is 0 Å². The third-order valence-electron chi connectivity index (χ3n) is 3.31. The molecule has 0 aliphatic rings. The molecule has 0 saturated carbocycles. The zero-order chi connectivity index (χ0) is 12.8. The van der Waals surface area contributed by atoms with E-state index in [4.69, 9.17) is 5.73 Å². The molecule has 94 valence electrons. The van der Waals surface area contributed by atoms with Crippen LogP contribution in [-0.4, -0.2) is 0 Å². The van der Waals surface area contributed by atoms with Gasteiger partial charge in [0.1, 0.15) is 0 Å². The van der Waals surface area contributed by atoms with E-state index in [0.717, 1.165) is 12.8 Å². The van der Waals surface area contributed by atoms with Crippen molar-refractivity contribution in [1.82, 2.24) is 0 Å². The minimum absolute atomic E-state index is 0.143. The van der Waals surface area contributed by atoms with Crippen molar-refractivity contribution in [3.05, 3.63) is 71.8 Å². The Hall–Kier alpha value is -1.60. The summed E-state index contributed by atoms with van der Waals surface area (Å²) in [5.74, 6) is 0.600. The van der Waals surface area contributed by atoms with Crippen LogP contribution in [0.2, 0.25) is 0 Å². The minimum Gasteiger partial charge on any atom is -0.324 e. The first-order valence-electron chi connectivity index (χ1n) is 6.60. The van der Waals surface area contributed by atoms with Gasteiger partial charge in [-0.1, -0.05) is 67.6 Å². The Morgan fingerprint density at radius 1 is 0.889 bits per heavy atom. The predicted molar refractivity (Wildman–Crippen MR) is 77.3 cm³/mol. The topological polar surface area (TPSA) is 26.0 Å². The largest absolute Gasteiger partial charge is 0.324 e. The molecule has 2 N–H and O–H groups in total. The van der Waals surface area contributed by atoms with Gasteiger partial charge in [0.05, 0.1) is 0 Å². The zero-order valence-corrected chi connectivity index (χ0v) is 10.9. The van der Waals surface area contributed by atoms with Gasteiger partial charge in [-0.15, -0.1) is 0 Å². The summed E-state index contributed by atoms with van der Waals surface area (Å²) in [6, 6.07) is 21.1. The maximum atomic E-state index is 6.25. The molecule has 1 nitrogen and oxygen atoms in total. The van der Waals surface area contributed by atoms with Crippen LogP contribution in [0.25, 0.3) is 0 Å². The molecule has 2 atom stereocenters. The van der Waals surface area contributed by atoms with Crippen LogP contribution in [0.1, 0.15) is 30.5 Å². The summed E-state index contributed by atoms with van der Waals surface area (Å²) in [7, 11) is 0. The second-order valence-corrected chi connectivity index (χ2v) is 5.05. The Kier molecular flexibility index (Phi) is 4.54. The summed E-state index contributed by atoms with van der Waals surface area (Å²) in [5.41, 5.74) is 8.88. The molecular weight excluding hydrogens is 218 g/mol. The van der Waals surface area contributed by atoms with Crippen molar-refractivity contribution in [2.45, 2.75) is 25.8 Å². The Morgan fingerprint density at radius 2 is 1.44 bits per heavy atom. The predicted octanol–water partition coefficient (Wildman–Crippen LogP) is 3.96. The highest BCUT2D eigenvalue weighted by Gasteiger charge is 2.11. The van der Waals surface area contributed by atoms with E-state index in [0.29, 0.717) is 5.92 Å². The van der Waals surface area contributed by atoms with E-state index < -0.39 is 0 Å². The third-order valence-corrected chi connectivity index (χ3v) is 3.31. The maximum Gasteiger partial charge on any atom is 0.0297 e. The molecule has 2 unspecified atom stereocenters. The van der Waals surface area contributed by atoms with Crippen molar-refractivity contribution in [3.63, 3.8) is 0 Å². The zero-order valence-electron chi connectivity index (χ0n) is 10.9. The van der Waals surface area contributed by atoms with Crippen molar-refractivity contribution in [2.75, 3.05) is 0 Å². The van der Waals surface area contributed by atoms with Crippen LogP contribution in [0.15, 0.2) is 60.7 Å². The van der Waals surface area contributed by atoms with E-state index >= 15 is 0 Å². The average Bonchev–Trinajstić information content (AvgIpc) is 2.40. The average molecular weight is 239 g/mol. The fourth-order valence-electron chi connectivity index (χ4n) is 2.37. The van der Waals surface area contributed by atoms with Gasteiger partial charge in [-0.05, 0) is 29.9 Å². The fraction of sp³-hybridized carbons (Fsp3) is 0.294. The Labute approximate surface area is 110 Å². The maximum absolute atomic E-state index is 6.25. The molecule has 0 amide bonds. The van der Waals surface area contributed by atoms with Crippen LogP contribution in [0, 0.1) is 5.92 Å². The number of hydrogen-bond donors (Lipinski definition) is 1. The summed E-state index contributed by atoms with van der Waals surface area (Å²) in [6.07, 6.45) is 2.13. The van der Waals surface area contributed by atoms with E-state index in [1.807, 2.05) is 6.07 Å². The molecule has 0 heterocycles. The summed E-state index contributed by atoms with van der Waals surface area (Å²) in [4.78, 5) is 0. The van der Waals surface area contributed by atoms with Gasteiger partial charge in [0.15, 0.2) is 0 Å². The summed E-state index contributed by atoms with van der Waals surface area (Å²) < 4.78 is 0. The van der Waals surface area contributed by atoms with E-state index in [-0.39, 0.29) is 6.04 Å². The summed E-state index contributed by atoms with van der Waals surface area (Å²) in [5, 5.41) is 0. The number of nitrogens with two attached hydrogens (primary N) is 1. The SMILES string of the molecule is CC(Cc1ccccc1)CC(N)c1ccccc1. The quantitative estimate of drug-likeness (QED) is 0.840. The van der Waals surface area contributed by atoms with Crippen LogP contribution in [0.4, 0.5) is 0 Å². The lowest BCUT2D eigenvalue weighted by Crippen LogP contribution is -2.15. The molecule has 0 aliphatic carbocycles. The highest BCUT2D eigenvalue weighted by molar-refractivity contribution is 5.19. The third kappa shape index (κ3) is 3.71. The standard InChI is InChI=1S/C17H21N/c1-14(12-15-8-4-2-5-9-15)13-17(18)16-10-6-3-7-11-16/h2-11,14,17H,12-13,18H2,1H3. The molecule has 18 heavy (non-hydrogen) atoms. The molecule has 0 aliphatic heterocycles. The molecule has 0 aromatic heterocycles. The van der Waals surface area contributed by atoms with Crippen LogP contribution in [-0.2, 0) is 6.42 Å². The highest BCUT2D eigenvalue weighted by Crippen LogP contribution is 2.21. The van der Waals surface area contributed by atoms with Gasteiger partial charge in [0.2, 0.25) is 0 Å². The van der Waals surface area contributed by atoms with Gasteiger partial charge in [-0.3, -0.25) is 0 Å². The van der Waals surface area contributed by atoms with Crippen LogP contribution >= 0.6 is 0 Å². The van der Waals surface area contributed by atoms with Gasteiger partial charge in [0.25, 0.3) is 0 Å². The summed E-state index contributed by atoms with van der Waals surface area (Å²) >= 11 is 0. The van der Waals surface area contributed by atoms with Crippen molar-refractivity contribution < 1.29 is 0 Å². The van der Waals surface area contributed by atoms with Gasteiger partial charge in [0, 0.05) is 6.04 Å². The smallest absolute Gasteiger partial charge is 0.0297 e. The van der Waals surface area contributed by atoms with Crippen LogP contribution in [0.5, 0.6) is 0 Å². The molecule has 0 fully saturated rings. The molecule has 0 radical (unpaired) electrons. The molecule has 0 bridgehead atoms. The molecule has 0 saturated heterocycles. The second kappa shape index (κ2) is 6.36. The van der Waals surface area contributed by atoms with Gasteiger partial charge in [-0.25, -0.2) is 0 Å². The molecule has 2 aromatic rings. The fourth-order valence-corrected chi connectivity index (χ4v) is 2.37. The minimum atomic E-state index is 0.143. The molecule has 1 heteroatoms. The van der Waals surface area contributed by atoms with Crippen molar-refractivity contribution >= 4 is 0 Å². The molecular formula is C17H21N. The van der Waals surface area contributed by atoms with E-state index in [9.17, 15) is 0 Å². The second-order valence-electron chi connectivity index (χ2n) is 5.05. The lowest BCUT2D eigenvalue weighted by atomic mass is 9.92. The van der Waals surface area contributed by atoms with E-state index in [2.05, 4.69) is 61.5 Å². The van der Waals surface area contributed by atoms with Gasteiger partial charge >= 0.3 is 0 Å². The van der Waals surface area contributed by atoms with Gasteiger partial charge in [-0.2, -0.15) is 0 Å². The normalized spacial score (nSPS) is 14.1. The monoisotopic (exact) mass is 239 g/mol. The summed E-state index contributed by atoms with van der Waals surface area (Å²) in [6.45, 7) is 2.27. The van der Waals surface area contributed by atoms with E-state index in [1.165, 1.54) is 11.1 Å². The lowest BCUT2D eigenvalue weighted by Gasteiger charge is -2.17. The molecule has 2 aromatic carbocycles. The highest BCUT2D eigenvalue weighted by atomic mass is 14.6. The molecule has 2 rings (SSSR count). The van der Waals surface area contributed by atoms with E-state index in [1.54, 1.807) is 0 Å². The van der Waals surface area contributed by atoms with Crippen molar-refractivity contribution in [1.29, 1.82) is 0 Å². The van der Waals surface area contributed by atoms with Crippen molar-refractivity contribution in [2.24, 2.45) is 11.7 Å². The lowest BCUT2D eigenvalue weighted by molar-refractivity contribution is 0.471.